The summed E-state index contributed by atoms with van der Waals surface area (Å²) in [5.74, 6) is 2.70. The number of hydrogen-bond donors (Lipinski definition) is 1. The van der Waals surface area contributed by atoms with E-state index >= 15 is 0 Å². The summed E-state index contributed by atoms with van der Waals surface area (Å²) in [5.41, 5.74) is 2.65. The molecule has 2 saturated heterocycles. The minimum absolute atomic E-state index is 0.250. The van der Waals surface area contributed by atoms with Crippen LogP contribution in [0.2, 0.25) is 0 Å². The monoisotopic (exact) mass is 407 g/mol. The van der Waals surface area contributed by atoms with Gasteiger partial charge in [-0.25, -0.2) is 4.98 Å². The smallest absolute Gasteiger partial charge is 0.193 e. The third kappa shape index (κ3) is 5.30. The van der Waals surface area contributed by atoms with Gasteiger partial charge in [-0.3, -0.25) is 4.99 Å². The van der Waals surface area contributed by atoms with Crippen molar-refractivity contribution in [3.05, 3.63) is 59.8 Å². The first-order valence-corrected chi connectivity index (χ1v) is 11.0. The van der Waals surface area contributed by atoms with Gasteiger partial charge in [0.1, 0.15) is 5.82 Å². The van der Waals surface area contributed by atoms with E-state index in [-0.39, 0.29) is 6.10 Å². The molecule has 160 valence electrons. The van der Waals surface area contributed by atoms with Gasteiger partial charge in [0.2, 0.25) is 0 Å². The van der Waals surface area contributed by atoms with E-state index in [1.165, 1.54) is 17.5 Å². The highest BCUT2D eigenvalue weighted by Gasteiger charge is 2.25. The summed E-state index contributed by atoms with van der Waals surface area (Å²) in [6.45, 7) is 7.53. The maximum absolute atomic E-state index is 5.65. The Labute approximate surface area is 180 Å². The molecule has 2 aliphatic heterocycles. The topological polar surface area (TPSA) is 53.0 Å². The molecule has 0 aliphatic carbocycles. The summed E-state index contributed by atoms with van der Waals surface area (Å²) >= 11 is 0. The van der Waals surface area contributed by atoms with Gasteiger partial charge in [-0.05, 0) is 48.9 Å². The molecule has 0 saturated carbocycles. The van der Waals surface area contributed by atoms with Crippen LogP contribution in [0.5, 0.6) is 0 Å². The molecule has 30 heavy (non-hydrogen) atoms. The molecule has 2 atom stereocenters. The van der Waals surface area contributed by atoms with E-state index in [4.69, 9.17) is 4.74 Å². The summed E-state index contributed by atoms with van der Waals surface area (Å²) in [4.78, 5) is 13.8. The van der Waals surface area contributed by atoms with Crippen molar-refractivity contribution < 1.29 is 4.74 Å². The number of likely N-dealkylation sites (tertiary alicyclic amines) is 1. The SMILES string of the molecule is CN=C(NCc1ccnc(N2CCOC(C)C2)c1)N1CCC(Cc2ccccc2)C1. The normalized spacial score (nSPS) is 22.4. The van der Waals surface area contributed by atoms with Crippen LogP contribution in [-0.4, -0.2) is 61.8 Å². The Morgan fingerprint density at radius 2 is 2.03 bits per heavy atom. The average Bonchev–Trinajstić information content (AvgIpc) is 3.23. The summed E-state index contributed by atoms with van der Waals surface area (Å²) in [7, 11) is 1.87. The largest absolute Gasteiger partial charge is 0.375 e. The number of nitrogens with one attached hydrogen (secondary N) is 1. The van der Waals surface area contributed by atoms with Crippen LogP contribution in [0.4, 0.5) is 5.82 Å². The van der Waals surface area contributed by atoms with Crippen molar-refractivity contribution in [1.82, 2.24) is 15.2 Å². The van der Waals surface area contributed by atoms with Crippen LogP contribution in [0.3, 0.4) is 0 Å². The number of pyridine rings is 1. The maximum atomic E-state index is 5.65. The minimum Gasteiger partial charge on any atom is -0.375 e. The fraction of sp³-hybridized carbons (Fsp3) is 0.500. The fourth-order valence-electron chi connectivity index (χ4n) is 4.42. The zero-order chi connectivity index (χ0) is 20.8. The molecule has 0 amide bonds. The number of rotatable bonds is 5. The second kappa shape index (κ2) is 9.94. The van der Waals surface area contributed by atoms with Gasteiger partial charge in [-0.15, -0.1) is 0 Å². The number of benzene rings is 1. The van der Waals surface area contributed by atoms with Crippen LogP contribution < -0.4 is 10.2 Å². The summed E-state index contributed by atoms with van der Waals surface area (Å²) < 4.78 is 5.65. The molecule has 6 nitrogen and oxygen atoms in total. The lowest BCUT2D eigenvalue weighted by atomic mass is 9.99. The molecule has 2 aromatic rings. The van der Waals surface area contributed by atoms with Gasteiger partial charge in [-0.2, -0.15) is 0 Å². The second-order valence-corrected chi connectivity index (χ2v) is 8.34. The van der Waals surface area contributed by atoms with E-state index in [1.54, 1.807) is 0 Å². The van der Waals surface area contributed by atoms with Crippen LogP contribution in [0.15, 0.2) is 53.7 Å². The molecule has 0 radical (unpaired) electrons. The van der Waals surface area contributed by atoms with Crippen molar-refractivity contribution >= 4 is 11.8 Å². The molecule has 3 heterocycles. The summed E-state index contributed by atoms with van der Waals surface area (Å²) in [6.07, 6.45) is 4.51. The van der Waals surface area contributed by atoms with Gasteiger partial charge >= 0.3 is 0 Å². The number of aromatic nitrogens is 1. The van der Waals surface area contributed by atoms with Crippen molar-refractivity contribution in [1.29, 1.82) is 0 Å². The third-order valence-electron chi connectivity index (χ3n) is 5.99. The molecule has 2 fully saturated rings. The Kier molecular flexibility index (Phi) is 6.84. The van der Waals surface area contributed by atoms with Gasteiger partial charge in [0, 0.05) is 46.0 Å². The number of nitrogens with zero attached hydrogens (tertiary/aromatic N) is 4. The van der Waals surface area contributed by atoms with Gasteiger partial charge < -0.3 is 19.9 Å². The molecule has 0 bridgehead atoms. The summed E-state index contributed by atoms with van der Waals surface area (Å²) in [6, 6.07) is 15.1. The molecule has 4 rings (SSSR count). The van der Waals surface area contributed by atoms with E-state index in [1.807, 2.05) is 13.2 Å². The highest BCUT2D eigenvalue weighted by molar-refractivity contribution is 5.80. The van der Waals surface area contributed by atoms with Crippen molar-refractivity contribution in [3.8, 4) is 0 Å². The van der Waals surface area contributed by atoms with Crippen LogP contribution in [0.1, 0.15) is 24.5 Å². The number of guanidine groups is 1. The first-order valence-electron chi connectivity index (χ1n) is 11.0. The Bertz CT molecular complexity index is 840. The van der Waals surface area contributed by atoms with Crippen molar-refractivity contribution in [2.45, 2.75) is 32.4 Å². The van der Waals surface area contributed by atoms with Gasteiger partial charge in [0.05, 0.1) is 12.7 Å². The number of anilines is 1. The molecular formula is C24H33N5O. The van der Waals surface area contributed by atoms with E-state index in [9.17, 15) is 0 Å². The molecule has 1 aromatic heterocycles. The van der Waals surface area contributed by atoms with Crippen LogP contribution in [-0.2, 0) is 17.7 Å². The summed E-state index contributed by atoms with van der Waals surface area (Å²) in [5, 5.41) is 3.56. The maximum Gasteiger partial charge on any atom is 0.193 e. The molecule has 1 aromatic carbocycles. The molecule has 0 spiro atoms. The fourth-order valence-corrected chi connectivity index (χ4v) is 4.42. The van der Waals surface area contributed by atoms with Crippen LogP contribution in [0.25, 0.3) is 0 Å². The molecule has 2 unspecified atom stereocenters. The van der Waals surface area contributed by atoms with Gasteiger partial charge in [-0.1, -0.05) is 30.3 Å². The first kappa shape index (κ1) is 20.7. The number of aliphatic imine (C=N–C) groups is 1. The quantitative estimate of drug-likeness (QED) is 0.610. The van der Waals surface area contributed by atoms with E-state index < -0.39 is 0 Å². The lowest BCUT2D eigenvalue weighted by Crippen LogP contribution is -2.41. The highest BCUT2D eigenvalue weighted by atomic mass is 16.5. The Morgan fingerprint density at radius 1 is 1.17 bits per heavy atom. The number of hydrogen-bond acceptors (Lipinski definition) is 4. The van der Waals surface area contributed by atoms with Gasteiger partial charge in [0.25, 0.3) is 0 Å². The van der Waals surface area contributed by atoms with E-state index in [0.29, 0.717) is 5.92 Å². The third-order valence-corrected chi connectivity index (χ3v) is 5.99. The lowest BCUT2D eigenvalue weighted by Gasteiger charge is -2.32. The van der Waals surface area contributed by atoms with Gasteiger partial charge in [0.15, 0.2) is 5.96 Å². The van der Waals surface area contributed by atoms with Crippen molar-refractivity contribution in [3.63, 3.8) is 0 Å². The number of morpholine rings is 1. The minimum atomic E-state index is 0.250. The van der Waals surface area contributed by atoms with Crippen LogP contribution >= 0.6 is 0 Å². The zero-order valence-electron chi connectivity index (χ0n) is 18.1. The van der Waals surface area contributed by atoms with Crippen molar-refractivity contribution in [2.75, 3.05) is 44.7 Å². The van der Waals surface area contributed by atoms with E-state index in [0.717, 1.165) is 57.5 Å². The van der Waals surface area contributed by atoms with E-state index in [2.05, 4.69) is 74.5 Å². The second-order valence-electron chi connectivity index (χ2n) is 8.34. The highest BCUT2D eigenvalue weighted by Crippen LogP contribution is 2.21. The number of ether oxygens (including phenoxy) is 1. The predicted octanol–water partition coefficient (Wildman–Crippen LogP) is 2.95. The molecule has 2 aliphatic rings. The first-order chi connectivity index (χ1) is 14.7. The molecule has 6 heteroatoms. The predicted molar refractivity (Wildman–Crippen MR) is 122 cm³/mol. The Morgan fingerprint density at radius 3 is 2.83 bits per heavy atom. The van der Waals surface area contributed by atoms with Crippen LogP contribution in [0, 0.1) is 5.92 Å². The Hall–Kier alpha value is -2.60. The Balaban J connectivity index is 1.31. The van der Waals surface area contributed by atoms with Crippen molar-refractivity contribution in [2.24, 2.45) is 10.9 Å². The molecule has 1 N–H and O–H groups in total. The molecular weight excluding hydrogens is 374 g/mol. The zero-order valence-corrected chi connectivity index (χ0v) is 18.1. The average molecular weight is 408 g/mol. The standard InChI is InChI=1S/C24H33N5O/c1-19-17-28(12-13-30-19)23-15-21(8-10-26-23)16-27-24(25-2)29-11-9-22(18-29)14-20-6-4-3-5-7-20/h3-8,10,15,19,22H,9,11-14,16-18H2,1-2H3,(H,25,27). The lowest BCUT2D eigenvalue weighted by molar-refractivity contribution is 0.0529.